The fourth-order valence-corrected chi connectivity index (χ4v) is 1.56. The van der Waals surface area contributed by atoms with Crippen LogP contribution in [0.2, 0.25) is 0 Å². The molecule has 2 aromatic rings. The molecule has 0 unspecified atom stereocenters. The zero-order valence-corrected chi connectivity index (χ0v) is 10.6. The van der Waals surface area contributed by atoms with E-state index in [1.165, 1.54) is 25.6 Å². The maximum Gasteiger partial charge on any atom is 0.433 e. The fourth-order valence-electron chi connectivity index (χ4n) is 1.56. The second kappa shape index (κ2) is 5.77. The number of ether oxygens (including phenoxy) is 1. The Labute approximate surface area is 113 Å². The quantitative estimate of drug-likeness (QED) is 0.810. The van der Waals surface area contributed by atoms with Crippen LogP contribution in [-0.4, -0.2) is 21.9 Å². The lowest BCUT2D eigenvalue weighted by molar-refractivity contribution is -0.141. The third-order valence-corrected chi connectivity index (χ3v) is 2.50. The molecule has 0 aliphatic carbocycles. The van der Waals surface area contributed by atoms with Crippen LogP contribution in [0.3, 0.4) is 0 Å². The van der Waals surface area contributed by atoms with E-state index in [2.05, 4.69) is 10.1 Å². The van der Waals surface area contributed by atoms with Gasteiger partial charge in [0.15, 0.2) is 0 Å². The Balaban J connectivity index is 2.06. The smallest absolute Gasteiger partial charge is 0.433 e. The largest absolute Gasteiger partial charge is 0.504 e. The Morgan fingerprint density at radius 1 is 1.30 bits per heavy atom. The van der Waals surface area contributed by atoms with Gasteiger partial charge in [0.05, 0.1) is 25.6 Å². The van der Waals surface area contributed by atoms with E-state index < -0.39 is 11.9 Å². The highest BCUT2D eigenvalue weighted by atomic mass is 19.4. The number of hydrogen-bond donors (Lipinski definition) is 0. The minimum absolute atomic E-state index is 0.353. The van der Waals surface area contributed by atoms with Crippen molar-refractivity contribution in [1.29, 1.82) is 0 Å². The summed E-state index contributed by atoms with van der Waals surface area (Å²) in [5.41, 5.74) is 0.445. The third-order valence-electron chi connectivity index (χ3n) is 2.50. The second-order valence-corrected chi connectivity index (χ2v) is 4.03. The van der Waals surface area contributed by atoms with Crippen molar-refractivity contribution in [2.24, 2.45) is 0 Å². The number of pyridine rings is 1. The molecule has 4 nitrogen and oxygen atoms in total. The van der Waals surface area contributed by atoms with Crippen LogP contribution in [0.1, 0.15) is 17.0 Å². The van der Waals surface area contributed by atoms with E-state index in [4.69, 9.17) is 4.74 Å². The first kappa shape index (κ1) is 14.1. The Hall–Kier alpha value is -2.31. The maximum atomic E-state index is 12.4. The van der Waals surface area contributed by atoms with Crippen molar-refractivity contribution in [3.05, 3.63) is 53.8 Å². The molecule has 0 radical (unpaired) electrons. The van der Waals surface area contributed by atoms with Gasteiger partial charge in [-0.2, -0.15) is 18.3 Å². The van der Waals surface area contributed by atoms with Crippen molar-refractivity contribution < 1.29 is 17.9 Å². The molecule has 2 rings (SSSR count). The van der Waals surface area contributed by atoms with Gasteiger partial charge in [0, 0.05) is 18.5 Å². The lowest BCUT2D eigenvalue weighted by Gasteiger charge is -2.06. The van der Waals surface area contributed by atoms with Gasteiger partial charge in [0.25, 0.3) is 0 Å². The summed E-state index contributed by atoms with van der Waals surface area (Å²) in [6, 6.07) is 4.12. The number of nitrogens with zero attached hydrogens (tertiary/aromatic N) is 3. The molecular formula is C13H12F3N3O. The normalized spacial score (nSPS) is 12.0. The van der Waals surface area contributed by atoms with Gasteiger partial charge in [-0.05, 0) is 17.7 Å². The SMILES string of the molecule is CO/C=C/c1ccn(Cc2ccc(C(F)(F)F)nc2)n1. The molecule has 7 heteroatoms. The molecular weight excluding hydrogens is 271 g/mol. The van der Waals surface area contributed by atoms with Gasteiger partial charge in [0.2, 0.25) is 0 Å². The van der Waals surface area contributed by atoms with Crippen LogP contribution in [0.5, 0.6) is 0 Å². The standard InChI is InChI=1S/C13H12F3N3O/c1-20-7-5-11-4-6-19(18-11)9-10-2-3-12(17-8-10)13(14,15)16/h2-8H,9H2,1H3/b7-5+. The first-order valence-corrected chi connectivity index (χ1v) is 5.74. The Bertz CT molecular complexity index is 588. The first-order chi connectivity index (χ1) is 9.49. The third kappa shape index (κ3) is 3.59. The Morgan fingerprint density at radius 3 is 2.70 bits per heavy atom. The summed E-state index contributed by atoms with van der Waals surface area (Å²) in [4.78, 5) is 3.40. The number of halogens is 3. The molecule has 2 heterocycles. The molecule has 0 atom stereocenters. The topological polar surface area (TPSA) is 39.9 Å². The minimum Gasteiger partial charge on any atom is -0.504 e. The molecule has 0 N–H and O–H groups in total. The first-order valence-electron chi connectivity index (χ1n) is 5.74. The lowest BCUT2D eigenvalue weighted by Crippen LogP contribution is -2.08. The Kier molecular flexibility index (Phi) is 4.07. The van der Waals surface area contributed by atoms with Crippen molar-refractivity contribution in [2.75, 3.05) is 7.11 Å². The number of hydrogen-bond acceptors (Lipinski definition) is 3. The van der Waals surface area contributed by atoms with E-state index in [0.717, 1.165) is 6.07 Å². The zero-order chi connectivity index (χ0) is 14.6. The van der Waals surface area contributed by atoms with Crippen molar-refractivity contribution in [3.63, 3.8) is 0 Å². The summed E-state index contributed by atoms with van der Waals surface area (Å²) in [5, 5.41) is 4.21. The van der Waals surface area contributed by atoms with Gasteiger partial charge in [-0.3, -0.25) is 9.67 Å². The van der Waals surface area contributed by atoms with Crippen LogP contribution in [0.25, 0.3) is 6.08 Å². The van der Waals surface area contributed by atoms with Crippen molar-refractivity contribution >= 4 is 6.08 Å². The van der Waals surface area contributed by atoms with Crippen LogP contribution in [0, 0.1) is 0 Å². The highest BCUT2D eigenvalue weighted by Gasteiger charge is 2.31. The summed E-state index contributed by atoms with van der Waals surface area (Å²) in [7, 11) is 1.53. The van der Waals surface area contributed by atoms with Crippen molar-refractivity contribution in [1.82, 2.24) is 14.8 Å². The average Bonchev–Trinajstić information content (AvgIpc) is 2.83. The summed E-state index contributed by atoms with van der Waals surface area (Å²) < 4.78 is 43.5. The highest BCUT2D eigenvalue weighted by Crippen LogP contribution is 2.27. The van der Waals surface area contributed by atoms with E-state index in [1.807, 2.05) is 0 Å². The molecule has 0 saturated carbocycles. The van der Waals surface area contributed by atoms with Crippen LogP contribution >= 0.6 is 0 Å². The number of rotatable bonds is 4. The minimum atomic E-state index is -4.41. The van der Waals surface area contributed by atoms with Crippen molar-refractivity contribution in [2.45, 2.75) is 12.7 Å². The summed E-state index contributed by atoms with van der Waals surface area (Å²) in [6.07, 6.45) is 1.69. The van der Waals surface area contributed by atoms with Gasteiger partial charge in [-0.15, -0.1) is 0 Å². The summed E-state index contributed by atoms with van der Waals surface area (Å²) in [6.45, 7) is 0.353. The lowest BCUT2D eigenvalue weighted by atomic mass is 10.2. The number of aromatic nitrogens is 3. The van der Waals surface area contributed by atoms with E-state index in [0.29, 0.717) is 17.8 Å². The van der Waals surface area contributed by atoms with Crippen LogP contribution in [-0.2, 0) is 17.5 Å². The molecule has 0 amide bonds. The molecule has 20 heavy (non-hydrogen) atoms. The molecule has 0 spiro atoms. The fraction of sp³-hybridized carbons (Fsp3) is 0.231. The number of methoxy groups -OCH3 is 1. The highest BCUT2D eigenvalue weighted by molar-refractivity contribution is 5.41. The molecule has 0 aliphatic rings. The van der Waals surface area contributed by atoms with Gasteiger partial charge in [-0.25, -0.2) is 0 Å². The molecule has 0 bridgehead atoms. The van der Waals surface area contributed by atoms with Gasteiger partial charge in [-0.1, -0.05) is 6.07 Å². The van der Waals surface area contributed by atoms with Crippen LogP contribution in [0.15, 0.2) is 36.9 Å². The Morgan fingerprint density at radius 2 is 2.10 bits per heavy atom. The van der Waals surface area contributed by atoms with Crippen LogP contribution < -0.4 is 0 Å². The molecule has 0 aliphatic heterocycles. The van der Waals surface area contributed by atoms with Gasteiger partial charge < -0.3 is 4.74 Å². The van der Waals surface area contributed by atoms with E-state index in [1.54, 1.807) is 23.0 Å². The number of alkyl halides is 3. The molecule has 0 saturated heterocycles. The van der Waals surface area contributed by atoms with E-state index in [9.17, 15) is 13.2 Å². The monoisotopic (exact) mass is 283 g/mol. The van der Waals surface area contributed by atoms with Crippen LogP contribution in [0.4, 0.5) is 13.2 Å². The van der Waals surface area contributed by atoms with Crippen molar-refractivity contribution in [3.8, 4) is 0 Å². The summed E-state index contributed by atoms with van der Waals surface area (Å²) >= 11 is 0. The van der Waals surface area contributed by atoms with E-state index >= 15 is 0 Å². The molecule has 0 aromatic carbocycles. The zero-order valence-electron chi connectivity index (χ0n) is 10.6. The van der Waals surface area contributed by atoms with E-state index in [-0.39, 0.29) is 0 Å². The molecule has 2 aromatic heterocycles. The van der Waals surface area contributed by atoms with Gasteiger partial charge in [0.1, 0.15) is 5.69 Å². The maximum absolute atomic E-state index is 12.4. The molecule has 0 fully saturated rings. The van der Waals surface area contributed by atoms with Gasteiger partial charge >= 0.3 is 6.18 Å². The predicted octanol–water partition coefficient (Wildman–Crippen LogP) is 2.96. The molecule has 106 valence electrons. The summed E-state index contributed by atoms with van der Waals surface area (Å²) in [5.74, 6) is 0. The second-order valence-electron chi connectivity index (χ2n) is 4.03. The average molecular weight is 283 g/mol. The predicted molar refractivity (Wildman–Crippen MR) is 66.6 cm³/mol.